The van der Waals surface area contributed by atoms with Crippen molar-refractivity contribution in [2.75, 3.05) is 0 Å². The smallest absolute Gasteiger partial charge is 0.00469 e. The molecule has 2 aromatic carbocycles. The summed E-state index contributed by atoms with van der Waals surface area (Å²) in [4.78, 5) is 0. The summed E-state index contributed by atoms with van der Waals surface area (Å²) in [6.07, 6.45) is 20.1. The lowest BCUT2D eigenvalue weighted by Gasteiger charge is -2.38. The predicted octanol–water partition coefficient (Wildman–Crippen LogP) is 9.60. The van der Waals surface area contributed by atoms with E-state index in [9.17, 15) is 0 Å². The minimum absolute atomic E-state index is 0.460. The second kappa shape index (κ2) is 12.6. The standard InChI is InChI=1S/C32H48/c1-5-7-10-14-29-17-15-28(24-26(29)3)16-18-30-19-20-31(25-27(30)4)32(21-11-8-6-2)22-12-9-13-23-32/h15,17,19-20,24-25H,5-14,16,18,21-23H2,1-4H3. The first-order valence-electron chi connectivity index (χ1n) is 13.8. The Balaban J connectivity index is 1.65. The van der Waals surface area contributed by atoms with Gasteiger partial charge < -0.3 is 0 Å². The van der Waals surface area contributed by atoms with E-state index in [2.05, 4.69) is 64.1 Å². The highest BCUT2D eigenvalue weighted by Gasteiger charge is 2.33. The van der Waals surface area contributed by atoms with E-state index in [1.807, 2.05) is 0 Å². The Morgan fingerprint density at radius 3 is 2.00 bits per heavy atom. The second-order valence-electron chi connectivity index (χ2n) is 10.7. The molecular weight excluding hydrogens is 384 g/mol. The van der Waals surface area contributed by atoms with Crippen molar-refractivity contribution < 1.29 is 0 Å². The van der Waals surface area contributed by atoms with Gasteiger partial charge in [0.2, 0.25) is 0 Å². The molecule has 1 saturated carbocycles. The first-order chi connectivity index (χ1) is 15.6. The molecule has 1 fully saturated rings. The van der Waals surface area contributed by atoms with Crippen LogP contribution >= 0.6 is 0 Å². The van der Waals surface area contributed by atoms with Gasteiger partial charge in [0.15, 0.2) is 0 Å². The van der Waals surface area contributed by atoms with Crippen molar-refractivity contribution in [2.45, 2.75) is 129 Å². The summed E-state index contributed by atoms with van der Waals surface area (Å²) >= 11 is 0. The van der Waals surface area contributed by atoms with Gasteiger partial charge >= 0.3 is 0 Å². The molecule has 32 heavy (non-hydrogen) atoms. The van der Waals surface area contributed by atoms with Gasteiger partial charge in [-0.15, -0.1) is 0 Å². The lowest BCUT2D eigenvalue weighted by molar-refractivity contribution is 0.266. The Kier molecular flexibility index (Phi) is 9.89. The summed E-state index contributed by atoms with van der Waals surface area (Å²) in [5.74, 6) is 0. The zero-order chi connectivity index (χ0) is 22.8. The fourth-order valence-corrected chi connectivity index (χ4v) is 5.97. The largest absolute Gasteiger partial charge is 0.0654 e. The molecule has 0 N–H and O–H groups in total. The van der Waals surface area contributed by atoms with Crippen LogP contribution in [0.15, 0.2) is 36.4 Å². The van der Waals surface area contributed by atoms with E-state index >= 15 is 0 Å². The third-order valence-corrected chi connectivity index (χ3v) is 8.16. The molecule has 0 heteroatoms. The third-order valence-electron chi connectivity index (χ3n) is 8.16. The molecule has 1 aliphatic rings. The third kappa shape index (κ3) is 6.72. The number of unbranched alkanes of at least 4 members (excludes halogenated alkanes) is 4. The van der Waals surface area contributed by atoms with Crippen molar-refractivity contribution in [3.63, 3.8) is 0 Å². The zero-order valence-electron chi connectivity index (χ0n) is 21.6. The van der Waals surface area contributed by atoms with Crippen LogP contribution in [0.2, 0.25) is 0 Å². The first-order valence-corrected chi connectivity index (χ1v) is 13.8. The number of aryl methyl sites for hydroxylation is 5. The van der Waals surface area contributed by atoms with E-state index in [0.717, 1.165) is 12.8 Å². The minimum Gasteiger partial charge on any atom is -0.0654 e. The topological polar surface area (TPSA) is 0 Å². The molecule has 0 atom stereocenters. The van der Waals surface area contributed by atoms with Crippen LogP contribution in [0.3, 0.4) is 0 Å². The average Bonchev–Trinajstić information content (AvgIpc) is 2.80. The SMILES string of the molecule is CCCCCc1ccc(CCc2ccc(C3(CCCCC)CCCCC3)cc2C)cc1C. The summed E-state index contributed by atoms with van der Waals surface area (Å²) in [7, 11) is 0. The molecule has 1 aliphatic carbocycles. The Morgan fingerprint density at radius 2 is 1.31 bits per heavy atom. The van der Waals surface area contributed by atoms with Crippen molar-refractivity contribution in [2.24, 2.45) is 0 Å². The summed E-state index contributed by atoms with van der Waals surface area (Å²) in [5, 5.41) is 0. The summed E-state index contributed by atoms with van der Waals surface area (Å²) in [6, 6.07) is 14.7. The van der Waals surface area contributed by atoms with Crippen LogP contribution in [0.4, 0.5) is 0 Å². The summed E-state index contributed by atoms with van der Waals surface area (Å²) < 4.78 is 0. The van der Waals surface area contributed by atoms with E-state index in [1.165, 1.54) is 106 Å². The maximum Gasteiger partial charge on any atom is -0.00469 e. The molecule has 0 unspecified atom stereocenters. The quantitative estimate of drug-likeness (QED) is 0.293. The lowest BCUT2D eigenvalue weighted by atomic mass is 9.66. The van der Waals surface area contributed by atoms with Gasteiger partial charge in [-0.3, -0.25) is 0 Å². The first kappa shape index (κ1) is 25.1. The van der Waals surface area contributed by atoms with Crippen LogP contribution in [0.5, 0.6) is 0 Å². The number of hydrogen-bond acceptors (Lipinski definition) is 0. The molecule has 3 rings (SSSR count). The summed E-state index contributed by atoms with van der Waals surface area (Å²) in [6.45, 7) is 9.26. The number of rotatable bonds is 12. The molecule has 0 heterocycles. The van der Waals surface area contributed by atoms with Gasteiger partial charge in [0.25, 0.3) is 0 Å². The van der Waals surface area contributed by atoms with Crippen LogP contribution in [0.25, 0.3) is 0 Å². The van der Waals surface area contributed by atoms with Crippen LogP contribution in [-0.2, 0) is 24.7 Å². The van der Waals surface area contributed by atoms with E-state index in [1.54, 1.807) is 11.1 Å². The molecule has 2 aromatic rings. The van der Waals surface area contributed by atoms with Gasteiger partial charge in [0.1, 0.15) is 0 Å². The fraction of sp³-hybridized carbons (Fsp3) is 0.625. The van der Waals surface area contributed by atoms with Crippen LogP contribution < -0.4 is 0 Å². The van der Waals surface area contributed by atoms with Crippen LogP contribution in [0.1, 0.15) is 124 Å². The van der Waals surface area contributed by atoms with E-state index in [0.29, 0.717) is 5.41 Å². The number of benzene rings is 2. The molecule has 0 amide bonds. The normalized spacial score (nSPS) is 15.8. The van der Waals surface area contributed by atoms with E-state index < -0.39 is 0 Å². The van der Waals surface area contributed by atoms with Crippen molar-refractivity contribution in [3.05, 3.63) is 69.8 Å². The van der Waals surface area contributed by atoms with Gasteiger partial charge in [-0.05, 0) is 97.6 Å². The van der Waals surface area contributed by atoms with Gasteiger partial charge in [-0.1, -0.05) is 102 Å². The highest BCUT2D eigenvalue weighted by atomic mass is 14.4. The Labute approximate surface area is 199 Å². The maximum atomic E-state index is 2.56. The fourth-order valence-electron chi connectivity index (χ4n) is 5.97. The highest BCUT2D eigenvalue weighted by molar-refractivity contribution is 5.37. The van der Waals surface area contributed by atoms with Crippen LogP contribution in [-0.4, -0.2) is 0 Å². The maximum absolute atomic E-state index is 2.56. The number of hydrogen-bond donors (Lipinski definition) is 0. The average molecular weight is 433 g/mol. The van der Waals surface area contributed by atoms with Crippen LogP contribution in [0, 0.1) is 13.8 Å². The molecule has 0 radical (unpaired) electrons. The Hall–Kier alpha value is -1.56. The molecule has 176 valence electrons. The molecule has 0 nitrogen and oxygen atoms in total. The second-order valence-corrected chi connectivity index (χ2v) is 10.7. The van der Waals surface area contributed by atoms with E-state index in [-0.39, 0.29) is 0 Å². The predicted molar refractivity (Wildman–Crippen MR) is 142 cm³/mol. The Bertz CT molecular complexity index is 822. The molecular formula is C32H48. The lowest BCUT2D eigenvalue weighted by Crippen LogP contribution is -2.29. The highest BCUT2D eigenvalue weighted by Crippen LogP contribution is 2.44. The Morgan fingerprint density at radius 1 is 0.656 bits per heavy atom. The minimum atomic E-state index is 0.460. The molecule has 0 spiro atoms. The van der Waals surface area contributed by atoms with Crippen molar-refractivity contribution in [3.8, 4) is 0 Å². The monoisotopic (exact) mass is 432 g/mol. The molecule has 0 bridgehead atoms. The van der Waals surface area contributed by atoms with E-state index in [4.69, 9.17) is 0 Å². The zero-order valence-corrected chi connectivity index (χ0v) is 21.6. The van der Waals surface area contributed by atoms with Crippen molar-refractivity contribution in [1.29, 1.82) is 0 Å². The van der Waals surface area contributed by atoms with Gasteiger partial charge in [0, 0.05) is 0 Å². The van der Waals surface area contributed by atoms with Gasteiger partial charge in [0.05, 0.1) is 0 Å². The van der Waals surface area contributed by atoms with Crippen molar-refractivity contribution in [1.82, 2.24) is 0 Å². The summed E-state index contributed by atoms with van der Waals surface area (Å²) in [5.41, 5.74) is 9.67. The van der Waals surface area contributed by atoms with Crippen molar-refractivity contribution >= 4 is 0 Å². The van der Waals surface area contributed by atoms with Gasteiger partial charge in [-0.25, -0.2) is 0 Å². The molecule has 0 aromatic heterocycles. The van der Waals surface area contributed by atoms with Gasteiger partial charge in [-0.2, -0.15) is 0 Å². The molecule has 0 aliphatic heterocycles. The molecule has 0 saturated heterocycles.